The molecule has 8 heteroatoms. The lowest BCUT2D eigenvalue weighted by atomic mass is 9.82. The van der Waals surface area contributed by atoms with Gasteiger partial charge in [-0.2, -0.15) is 0 Å². The Labute approximate surface area is 165 Å². The summed E-state index contributed by atoms with van der Waals surface area (Å²) in [5.41, 5.74) is -0.383. The van der Waals surface area contributed by atoms with Crippen LogP contribution >= 0.6 is 0 Å². The van der Waals surface area contributed by atoms with Crippen molar-refractivity contribution in [1.29, 1.82) is 0 Å². The number of nitrogens with zero attached hydrogens (tertiary/aromatic N) is 2. The number of ether oxygens (including phenoxy) is 1. The average molecular weight is 390 g/mol. The zero-order valence-corrected chi connectivity index (χ0v) is 17.0. The molecule has 8 nitrogen and oxygen atoms in total. The number of nitrogens with one attached hydrogen (secondary N) is 2. The van der Waals surface area contributed by atoms with Crippen molar-refractivity contribution in [2.24, 2.45) is 11.3 Å². The van der Waals surface area contributed by atoms with Crippen molar-refractivity contribution in [2.75, 3.05) is 7.11 Å². The van der Waals surface area contributed by atoms with E-state index in [-0.39, 0.29) is 17.5 Å². The van der Waals surface area contributed by atoms with Gasteiger partial charge < -0.3 is 15.4 Å². The minimum atomic E-state index is -0.815. The smallest absolute Gasteiger partial charge is 0.328 e. The number of methoxy groups -OCH3 is 1. The van der Waals surface area contributed by atoms with E-state index < -0.39 is 29.4 Å². The molecule has 2 amide bonds. The van der Waals surface area contributed by atoms with Crippen LogP contribution in [0.3, 0.4) is 0 Å². The first-order valence-corrected chi connectivity index (χ1v) is 9.69. The van der Waals surface area contributed by atoms with Crippen LogP contribution in [0.25, 0.3) is 0 Å². The highest BCUT2D eigenvalue weighted by molar-refractivity contribution is 5.96. The van der Waals surface area contributed by atoms with Gasteiger partial charge >= 0.3 is 5.97 Å². The first-order valence-electron chi connectivity index (χ1n) is 9.69. The molecule has 2 rings (SSSR count). The standard InChI is InChI=1S/C20H30N4O4/c1-20(2,3)16(19(27)28-4)24-18(26)15(13-8-6-5-7-9-13)23-17(25)14-12-21-10-11-22-14/h10-13,15-16H,5-9H2,1-4H3,(H,23,25)(H,24,26)/t15-,16+/m1/s1. The van der Waals surface area contributed by atoms with Crippen molar-refractivity contribution >= 4 is 17.8 Å². The van der Waals surface area contributed by atoms with Crippen LogP contribution in [0.4, 0.5) is 0 Å². The monoisotopic (exact) mass is 390 g/mol. The predicted molar refractivity (Wildman–Crippen MR) is 103 cm³/mol. The number of amides is 2. The van der Waals surface area contributed by atoms with E-state index >= 15 is 0 Å². The summed E-state index contributed by atoms with van der Waals surface area (Å²) in [6.45, 7) is 5.55. The molecule has 0 radical (unpaired) electrons. The predicted octanol–water partition coefficient (Wildman–Crippen LogP) is 1.86. The largest absolute Gasteiger partial charge is 0.467 e. The maximum atomic E-state index is 13.1. The minimum absolute atomic E-state index is 0.00707. The third-order valence-corrected chi connectivity index (χ3v) is 5.08. The Bertz CT molecular complexity index is 681. The highest BCUT2D eigenvalue weighted by atomic mass is 16.5. The van der Waals surface area contributed by atoms with Crippen molar-refractivity contribution in [1.82, 2.24) is 20.6 Å². The van der Waals surface area contributed by atoms with E-state index in [0.717, 1.165) is 32.1 Å². The number of carbonyl (C=O) groups excluding carboxylic acids is 3. The van der Waals surface area contributed by atoms with Gasteiger partial charge in [0.15, 0.2) is 0 Å². The van der Waals surface area contributed by atoms with E-state index in [1.54, 1.807) is 0 Å². The van der Waals surface area contributed by atoms with Gasteiger partial charge in [-0.3, -0.25) is 14.6 Å². The molecule has 1 fully saturated rings. The summed E-state index contributed by atoms with van der Waals surface area (Å²) in [5, 5.41) is 5.61. The van der Waals surface area contributed by atoms with Gasteiger partial charge in [0.1, 0.15) is 17.8 Å². The summed E-state index contributed by atoms with van der Waals surface area (Å²) < 4.78 is 4.86. The molecule has 1 aromatic rings. The quantitative estimate of drug-likeness (QED) is 0.718. The molecule has 0 saturated heterocycles. The minimum Gasteiger partial charge on any atom is -0.467 e. The van der Waals surface area contributed by atoms with E-state index in [1.807, 2.05) is 20.8 Å². The van der Waals surface area contributed by atoms with Gasteiger partial charge in [0.25, 0.3) is 5.91 Å². The van der Waals surface area contributed by atoms with Crippen molar-refractivity contribution in [3.63, 3.8) is 0 Å². The Balaban J connectivity index is 2.21. The van der Waals surface area contributed by atoms with Gasteiger partial charge in [0.05, 0.1) is 13.3 Å². The lowest BCUT2D eigenvalue weighted by molar-refractivity contribution is -0.148. The van der Waals surface area contributed by atoms with Crippen molar-refractivity contribution < 1.29 is 19.1 Å². The normalized spacial score (nSPS) is 17.3. The second kappa shape index (κ2) is 9.61. The van der Waals surface area contributed by atoms with Gasteiger partial charge in [0.2, 0.25) is 5.91 Å². The second-order valence-electron chi connectivity index (χ2n) is 8.27. The molecular formula is C20H30N4O4. The summed E-state index contributed by atoms with van der Waals surface area (Å²) in [7, 11) is 1.29. The Morgan fingerprint density at radius 3 is 2.32 bits per heavy atom. The van der Waals surface area contributed by atoms with Gasteiger partial charge in [0, 0.05) is 12.4 Å². The fourth-order valence-electron chi connectivity index (χ4n) is 3.48. The van der Waals surface area contributed by atoms with Crippen molar-refractivity contribution in [2.45, 2.75) is 65.0 Å². The van der Waals surface area contributed by atoms with Crippen LogP contribution < -0.4 is 10.6 Å². The van der Waals surface area contributed by atoms with E-state index in [9.17, 15) is 14.4 Å². The fourth-order valence-corrected chi connectivity index (χ4v) is 3.48. The summed E-state index contributed by atoms with van der Waals surface area (Å²) in [5.74, 6) is -1.34. The average Bonchev–Trinajstić information content (AvgIpc) is 2.69. The first kappa shape index (κ1) is 21.8. The topological polar surface area (TPSA) is 110 Å². The molecule has 0 bridgehead atoms. The first-order chi connectivity index (χ1) is 13.2. The van der Waals surface area contributed by atoms with Crippen LogP contribution in [0.5, 0.6) is 0 Å². The molecule has 1 aliphatic rings. The molecule has 0 aliphatic heterocycles. The molecule has 154 valence electrons. The molecule has 1 aromatic heterocycles. The van der Waals surface area contributed by atoms with Crippen molar-refractivity contribution in [3.8, 4) is 0 Å². The maximum absolute atomic E-state index is 13.1. The van der Waals surface area contributed by atoms with Crippen LogP contribution in [0.15, 0.2) is 18.6 Å². The number of aromatic nitrogens is 2. The van der Waals surface area contributed by atoms with Crippen LogP contribution in [-0.2, 0) is 14.3 Å². The zero-order valence-electron chi connectivity index (χ0n) is 17.0. The third-order valence-electron chi connectivity index (χ3n) is 5.08. The SMILES string of the molecule is COC(=O)[C@H](NC(=O)[C@H](NC(=O)c1cnccn1)C1CCCCC1)C(C)(C)C. The lowest BCUT2D eigenvalue weighted by Gasteiger charge is -2.34. The molecule has 2 N–H and O–H groups in total. The number of rotatable bonds is 6. The Kier molecular flexibility index (Phi) is 7.48. The van der Waals surface area contributed by atoms with E-state index in [1.165, 1.54) is 25.7 Å². The van der Waals surface area contributed by atoms with Crippen LogP contribution in [-0.4, -0.2) is 46.9 Å². The summed E-state index contributed by atoms with van der Waals surface area (Å²) in [6.07, 6.45) is 9.09. The summed E-state index contributed by atoms with van der Waals surface area (Å²) in [4.78, 5) is 45.8. The van der Waals surface area contributed by atoms with E-state index in [0.29, 0.717) is 0 Å². The Morgan fingerprint density at radius 2 is 1.79 bits per heavy atom. The molecule has 2 atom stereocenters. The van der Waals surface area contributed by atoms with Gasteiger partial charge in [-0.15, -0.1) is 0 Å². The van der Waals surface area contributed by atoms with Crippen LogP contribution in [0, 0.1) is 11.3 Å². The molecular weight excluding hydrogens is 360 g/mol. The molecule has 1 aliphatic carbocycles. The van der Waals surface area contributed by atoms with Crippen LogP contribution in [0.2, 0.25) is 0 Å². The van der Waals surface area contributed by atoms with Gasteiger partial charge in [-0.25, -0.2) is 9.78 Å². The summed E-state index contributed by atoms with van der Waals surface area (Å²) >= 11 is 0. The van der Waals surface area contributed by atoms with E-state index in [2.05, 4.69) is 20.6 Å². The third kappa shape index (κ3) is 5.74. The zero-order chi connectivity index (χ0) is 20.7. The number of hydrogen-bond donors (Lipinski definition) is 2. The lowest BCUT2D eigenvalue weighted by Crippen LogP contribution is -2.58. The molecule has 28 heavy (non-hydrogen) atoms. The molecule has 0 aromatic carbocycles. The summed E-state index contributed by atoms with van der Waals surface area (Å²) in [6, 6.07) is -1.56. The Morgan fingerprint density at radius 1 is 1.11 bits per heavy atom. The molecule has 0 unspecified atom stereocenters. The second-order valence-corrected chi connectivity index (χ2v) is 8.27. The number of esters is 1. The Hall–Kier alpha value is -2.51. The highest BCUT2D eigenvalue weighted by Crippen LogP contribution is 2.28. The highest BCUT2D eigenvalue weighted by Gasteiger charge is 2.38. The fraction of sp³-hybridized carbons (Fsp3) is 0.650. The molecule has 1 heterocycles. The maximum Gasteiger partial charge on any atom is 0.328 e. The molecule has 0 spiro atoms. The van der Waals surface area contributed by atoms with Crippen LogP contribution in [0.1, 0.15) is 63.4 Å². The van der Waals surface area contributed by atoms with Gasteiger partial charge in [-0.1, -0.05) is 40.0 Å². The number of hydrogen-bond acceptors (Lipinski definition) is 6. The van der Waals surface area contributed by atoms with E-state index in [4.69, 9.17) is 4.74 Å². The molecule has 1 saturated carbocycles. The van der Waals surface area contributed by atoms with Crippen molar-refractivity contribution in [3.05, 3.63) is 24.3 Å². The van der Waals surface area contributed by atoms with Gasteiger partial charge in [-0.05, 0) is 24.2 Å². The number of carbonyl (C=O) groups is 3.